The van der Waals surface area contributed by atoms with Gasteiger partial charge in [0.25, 0.3) is 4.84 Å². The topological polar surface area (TPSA) is 72.8 Å². The largest absolute Gasteiger partial charge is 0.413 e. The molecule has 1 aromatic carbocycles. The van der Waals surface area contributed by atoms with Crippen molar-refractivity contribution in [2.45, 2.75) is 19.0 Å². The van der Waals surface area contributed by atoms with Crippen molar-refractivity contribution in [2.24, 2.45) is 0 Å². The third-order valence-electron chi connectivity index (χ3n) is 5.24. The fourth-order valence-electron chi connectivity index (χ4n) is 3.68. The van der Waals surface area contributed by atoms with E-state index < -0.39 is 9.84 Å². The van der Waals surface area contributed by atoms with Crippen LogP contribution in [-0.4, -0.2) is 55.9 Å². The van der Waals surface area contributed by atoms with Crippen LogP contribution < -0.4 is 9.80 Å². The second-order valence-corrected chi connectivity index (χ2v) is 9.76. The highest BCUT2D eigenvalue weighted by molar-refractivity contribution is 7.91. The summed E-state index contributed by atoms with van der Waals surface area (Å²) in [5.41, 5.74) is 1.03. The average Bonchev–Trinajstić information content (AvgIpc) is 3.19. The van der Waals surface area contributed by atoms with Gasteiger partial charge in [-0.25, -0.2) is 12.8 Å². The van der Waals surface area contributed by atoms with Crippen LogP contribution in [0.3, 0.4) is 0 Å². The number of anilines is 1. The molecular formula is C17H22FN4O3S2+. The molecule has 2 aliphatic rings. The number of sulfone groups is 1. The maximum Gasteiger partial charge on any atom is 0.291 e. The monoisotopic (exact) mass is 413 g/mol. The Bertz CT molecular complexity index is 963. The lowest BCUT2D eigenvalue weighted by atomic mass is 10.1. The molecule has 3 heterocycles. The Morgan fingerprint density at radius 2 is 1.96 bits per heavy atom. The van der Waals surface area contributed by atoms with E-state index in [1.807, 2.05) is 0 Å². The number of hydrogen-bond donors (Lipinski definition) is 1. The number of benzene rings is 1. The Hall–Kier alpha value is -1.78. The average molecular weight is 414 g/mol. The summed E-state index contributed by atoms with van der Waals surface area (Å²) in [6.45, 7) is 4.12. The number of piperazine rings is 1. The molecule has 0 unspecified atom stereocenters. The third kappa shape index (κ3) is 4.22. The van der Waals surface area contributed by atoms with Crippen molar-refractivity contribution in [3.63, 3.8) is 0 Å². The summed E-state index contributed by atoms with van der Waals surface area (Å²) in [5.74, 6) is 0.289. The van der Waals surface area contributed by atoms with E-state index in [1.54, 1.807) is 16.8 Å². The van der Waals surface area contributed by atoms with Gasteiger partial charge in [0.2, 0.25) is 5.89 Å². The first kappa shape index (κ1) is 18.6. The fraction of sp³-hybridized carbons (Fsp3) is 0.529. The van der Waals surface area contributed by atoms with E-state index in [0.717, 1.165) is 31.9 Å². The van der Waals surface area contributed by atoms with Crippen LogP contribution in [0.15, 0.2) is 28.7 Å². The molecule has 1 N–H and O–H groups in total. The zero-order valence-corrected chi connectivity index (χ0v) is 16.4. The first-order valence-corrected chi connectivity index (χ1v) is 11.2. The van der Waals surface area contributed by atoms with Crippen LogP contribution in [0.1, 0.15) is 18.2 Å². The second kappa shape index (κ2) is 7.33. The van der Waals surface area contributed by atoms with Gasteiger partial charge < -0.3 is 14.2 Å². The summed E-state index contributed by atoms with van der Waals surface area (Å²) >= 11 is 5.27. The number of hydrogen-bond acceptors (Lipinski definition) is 6. The number of quaternary nitrogens is 1. The first-order valence-electron chi connectivity index (χ1n) is 9.02. The molecule has 0 spiro atoms. The number of rotatable bonds is 4. The highest BCUT2D eigenvalue weighted by atomic mass is 32.2. The van der Waals surface area contributed by atoms with Crippen LogP contribution in [0.4, 0.5) is 10.1 Å². The molecule has 27 heavy (non-hydrogen) atoms. The summed E-state index contributed by atoms with van der Waals surface area (Å²) in [5, 5.41) is 4.44. The first-order chi connectivity index (χ1) is 12.9. The van der Waals surface area contributed by atoms with E-state index in [1.165, 1.54) is 17.0 Å². The van der Waals surface area contributed by atoms with Gasteiger partial charge in [-0.05, 0) is 42.9 Å². The van der Waals surface area contributed by atoms with Crippen molar-refractivity contribution < 1.29 is 22.1 Å². The van der Waals surface area contributed by atoms with Gasteiger partial charge in [0, 0.05) is 5.69 Å². The van der Waals surface area contributed by atoms with Gasteiger partial charge in [0.05, 0.1) is 43.6 Å². The molecule has 0 saturated carbocycles. The minimum absolute atomic E-state index is 0.0888. The Kier molecular flexibility index (Phi) is 5.04. The summed E-state index contributed by atoms with van der Waals surface area (Å²) in [6, 6.07) is 6.56. The van der Waals surface area contributed by atoms with Crippen LogP contribution in [0.2, 0.25) is 0 Å². The minimum atomic E-state index is -2.99. The molecule has 10 heteroatoms. The molecule has 2 aromatic rings. The molecule has 0 amide bonds. The lowest BCUT2D eigenvalue weighted by Crippen LogP contribution is -3.14. The van der Waals surface area contributed by atoms with Crippen molar-refractivity contribution in [3.8, 4) is 0 Å². The maximum atomic E-state index is 13.1. The zero-order valence-electron chi connectivity index (χ0n) is 14.8. The van der Waals surface area contributed by atoms with Gasteiger partial charge in [-0.2, -0.15) is 4.68 Å². The maximum absolute atomic E-state index is 13.1. The van der Waals surface area contributed by atoms with Gasteiger partial charge in [-0.1, -0.05) is 0 Å². The highest BCUT2D eigenvalue weighted by Gasteiger charge is 2.33. The Morgan fingerprint density at radius 1 is 1.26 bits per heavy atom. The lowest BCUT2D eigenvalue weighted by Gasteiger charge is -2.33. The number of nitrogens with zero attached hydrogens (tertiary/aromatic N) is 3. The normalized spacial score (nSPS) is 23.0. The van der Waals surface area contributed by atoms with Crippen LogP contribution >= 0.6 is 12.2 Å². The SMILES string of the molecule is O=S1(=O)CC[C@H](c2nn(C[NH+]3CCN(c4ccc(F)cc4)CC3)c(=S)o2)C1. The Labute approximate surface area is 162 Å². The standard InChI is InChI=1S/C17H21FN4O3S2/c18-14-1-3-15(4-2-14)21-8-6-20(7-9-21)12-22-17(26)25-16(19-22)13-5-10-27(23,24)11-13/h1-4,13H,5-12H2/p+1/t13-/m0/s1. The summed E-state index contributed by atoms with van der Waals surface area (Å²) in [6.07, 6.45) is 0.542. The van der Waals surface area contributed by atoms with Crippen LogP contribution in [0.25, 0.3) is 0 Å². The summed E-state index contributed by atoms with van der Waals surface area (Å²) < 4.78 is 43.6. The molecule has 0 radical (unpaired) electrons. The van der Waals surface area contributed by atoms with E-state index in [9.17, 15) is 12.8 Å². The van der Waals surface area contributed by atoms with Gasteiger partial charge in [0.15, 0.2) is 16.5 Å². The molecular weight excluding hydrogens is 391 g/mol. The van der Waals surface area contributed by atoms with Gasteiger partial charge in [-0.3, -0.25) is 0 Å². The number of aromatic nitrogens is 2. The molecule has 2 saturated heterocycles. The van der Waals surface area contributed by atoms with Crippen molar-refractivity contribution in [3.05, 3.63) is 40.8 Å². The Balaban J connectivity index is 1.37. The lowest BCUT2D eigenvalue weighted by molar-refractivity contribution is -0.924. The minimum Gasteiger partial charge on any atom is -0.413 e. The van der Waals surface area contributed by atoms with Gasteiger partial charge >= 0.3 is 0 Å². The summed E-state index contributed by atoms with van der Waals surface area (Å²) in [4.78, 5) is 3.85. The van der Waals surface area contributed by atoms with E-state index in [2.05, 4.69) is 10.00 Å². The van der Waals surface area contributed by atoms with Crippen molar-refractivity contribution in [1.82, 2.24) is 9.78 Å². The molecule has 7 nitrogen and oxygen atoms in total. The molecule has 1 atom stereocenters. The van der Waals surface area contributed by atoms with Crippen LogP contribution in [0.5, 0.6) is 0 Å². The smallest absolute Gasteiger partial charge is 0.291 e. The molecule has 0 bridgehead atoms. The molecule has 2 aliphatic heterocycles. The quantitative estimate of drug-likeness (QED) is 0.741. The number of nitrogens with one attached hydrogen (secondary N) is 1. The Morgan fingerprint density at radius 3 is 2.59 bits per heavy atom. The third-order valence-corrected chi connectivity index (χ3v) is 7.30. The number of halogens is 1. The van der Waals surface area contributed by atoms with E-state index >= 15 is 0 Å². The van der Waals surface area contributed by atoms with E-state index in [0.29, 0.717) is 23.8 Å². The summed E-state index contributed by atoms with van der Waals surface area (Å²) in [7, 11) is -2.99. The molecule has 146 valence electrons. The predicted molar refractivity (Wildman–Crippen MR) is 101 cm³/mol. The zero-order chi connectivity index (χ0) is 19.0. The molecule has 1 aromatic heterocycles. The van der Waals surface area contributed by atoms with E-state index in [-0.39, 0.29) is 23.2 Å². The van der Waals surface area contributed by atoms with Gasteiger partial charge in [0.1, 0.15) is 5.82 Å². The highest BCUT2D eigenvalue weighted by Crippen LogP contribution is 2.27. The predicted octanol–water partition coefficient (Wildman–Crippen LogP) is 0.609. The molecule has 0 aliphatic carbocycles. The van der Waals surface area contributed by atoms with Crippen molar-refractivity contribution in [2.75, 3.05) is 42.6 Å². The van der Waals surface area contributed by atoms with Crippen molar-refractivity contribution in [1.29, 1.82) is 0 Å². The van der Waals surface area contributed by atoms with Gasteiger partial charge in [-0.15, -0.1) is 5.10 Å². The van der Waals surface area contributed by atoms with Crippen LogP contribution in [-0.2, 0) is 16.5 Å². The molecule has 2 fully saturated rings. The fourth-order valence-corrected chi connectivity index (χ4v) is 5.60. The second-order valence-electron chi connectivity index (χ2n) is 7.18. The van der Waals surface area contributed by atoms with Crippen LogP contribution in [0, 0.1) is 10.7 Å². The van der Waals surface area contributed by atoms with Crippen molar-refractivity contribution >= 4 is 27.7 Å². The van der Waals surface area contributed by atoms with E-state index in [4.69, 9.17) is 16.6 Å². The molecule has 4 rings (SSSR count).